The highest BCUT2D eigenvalue weighted by Crippen LogP contribution is 2.14. The standard InChI is InChI=1S/C16H18N4/c1-13-12-15-16(18-10-11-20(15)19-13)17-9-5-8-14-6-3-2-4-7-14/h2-4,6-7,10-12H,5,8-9H2,1H3,(H,17,18). The van der Waals surface area contributed by atoms with E-state index in [9.17, 15) is 0 Å². The molecule has 0 bridgehead atoms. The molecule has 2 aromatic heterocycles. The number of benzene rings is 1. The van der Waals surface area contributed by atoms with Crippen LogP contribution in [0.15, 0.2) is 48.8 Å². The second-order valence-corrected chi connectivity index (χ2v) is 4.91. The van der Waals surface area contributed by atoms with Gasteiger partial charge in [-0.1, -0.05) is 30.3 Å². The van der Waals surface area contributed by atoms with E-state index in [4.69, 9.17) is 0 Å². The summed E-state index contributed by atoms with van der Waals surface area (Å²) in [5.41, 5.74) is 3.41. The molecule has 3 aromatic rings. The second kappa shape index (κ2) is 5.74. The van der Waals surface area contributed by atoms with E-state index in [0.717, 1.165) is 36.4 Å². The largest absolute Gasteiger partial charge is 0.368 e. The van der Waals surface area contributed by atoms with Crippen LogP contribution in [0, 0.1) is 6.92 Å². The lowest BCUT2D eigenvalue weighted by atomic mass is 10.1. The number of hydrogen-bond donors (Lipinski definition) is 1. The zero-order chi connectivity index (χ0) is 13.8. The molecule has 0 amide bonds. The number of nitrogens with one attached hydrogen (secondary N) is 1. The van der Waals surface area contributed by atoms with Crippen molar-refractivity contribution in [1.29, 1.82) is 0 Å². The fourth-order valence-electron chi connectivity index (χ4n) is 2.32. The molecular weight excluding hydrogens is 248 g/mol. The Morgan fingerprint density at radius 1 is 1.20 bits per heavy atom. The maximum atomic E-state index is 4.39. The third kappa shape index (κ3) is 2.79. The molecule has 102 valence electrons. The molecule has 0 unspecified atom stereocenters. The van der Waals surface area contributed by atoms with Crippen LogP contribution in [0.25, 0.3) is 5.52 Å². The highest BCUT2D eigenvalue weighted by molar-refractivity contribution is 5.67. The molecule has 0 aliphatic heterocycles. The molecule has 0 aliphatic carbocycles. The molecule has 4 nitrogen and oxygen atoms in total. The minimum atomic E-state index is 0.904. The fraction of sp³-hybridized carbons (Fsp3) is 0.250. The van der Waals surface area contributed by atoms with Gasteiger partial charge in [0, 0.05) is 18.9 Å². The summed E-state index contributed by atoms with van der Waals surface area (Å²) in [5, 5.41) is 7.79. The third-order valence-electron chi connectivity index (χ3n) is 3.29. The second-order valence-electron chi connectivity index (χ2n) is 4.91. The maximum absolute atomic E-state index is 4.39. The molecule has 0 aliphatic rings. The van der Waals surface area contributed by atoms with Gasteiger partial charge in [-0.05, 0) is 31.4 Å². The summed E-state index contributed by atoms with van der Waals surface area (Å²) in [6.07, 6.45) is 5.81. The quantitative estimate of drug-likeness (QED) is 0.722. The zero-order valence-corrected chi connectivity index (χ0v) is 11.6. The normalized spacial score (nSPS) is 10.8. The topological polar surface area (TPSA) is 42.2 Å². The van der Waals surface area contributed by atoms with E-state index in [1.807, 2.05) is 29.8 Å². The highest BCUT2D eigenvalue weighted by Gasteiger charge is 2.04. The van der Waals surface area contributed by atoms with E-state index in [2.05, 4.69) is 39.7 Å². The number of aryl methyl sites for hydroxylation is 2. The first-order valence-electron chi connectivity index (χ1n) is 6.92. The van der Waals surface area contributed by atoms with Gasteiger partial charge in [0.15, 0.2) is 5.82 Å². The van der Waals surface area contributed by atoms with Gasteiger partial charge in [-0.15, -0.1) is 0 Å². The van der Waals surface area contributed by atoms with Crippen molar-refractivity contribution in [2.75, 3.05) is 11.9 Å². The van der Waals surface area contributed by atoms with Crippen LogP contribution in [0.4, 0.5) is 5.82 Å². The summed E-state index contributed by atoms with van der Waals surface area (Å²) in [6, 6.07) is 12.6. The molecule has 0 saturated carbocycles. The van der Waals surface area contributed by atoms with Crippen LogP contribution < -0.4 is 5.32 Å². The van der Waals surface area contributed by atoms with Crippen LogP contribution in [0.2, 0.25) is 0 Å². The Morgan fingerprint density at radius 3 is 2.90 bits per heavy atom. The summed E-state index contributed by atoms with van der Waals surface area (Å²) in [5.74, 6) is 0.904. The Kier molecular flexibility index (Phi) is 3.63. The summed E-state index contributed by atoms with van der Waals surface area (Å²) in [7, 11) is 0. The minimum absolute atomic E-state index is 0.904. The first-order chi connectivity index (χ1) is 9.83. The average Bonchev–Trinajstić information content (AvgIpc) is 2.86. The van der Waals surface area contributed by atoms with E-state index >= 15 is 0 Å². The molecule has 0 atom stereocenters. The number of hydrogen-bond acceptors (Lipinski definition) is 3. The van der Waals surface area contributed by atoms with Crippen molar-refractivity contribution in [2.24, 2.45) is 0 Å². The Labute approximate surface area is 118 Å². The van der Waals surface area contributed by atoms with Gasteiger partial charge in [0.25, 0.3) is 0 Å². The van der Waals surface area contributed by atoms with E-state index in [1.54, 1.807) is 6.20 Å². The number of fused-ring (bicyclic) bond motifs is 1. The van der Waals surface area contributed by atoms with Crippen molar-refractivity contribution in [1.82, 2.24) is 14.6 Å². The van der Waals surface area contributed by atoms with Gasteiger partial charge in [-0.2, -0.15) is 5.10 Å². The van der Waals surface area contributed by atoms with Crippen molar-refractivity contribution in [3.63, 3.8) is 0 Å². The molecule has 2 heterocycles. The monoisotopic (exact) mass is 266 g/mol. The first kappa shape index (κ1) is 12.7. The molecule has 0 fully saturated rings. The fourth-order valence-corrected chi connectivity index (χ4v) is 2.32. The highest BCUT2D eigenvalue weighted by atomic mass is 15.2. The number of nitrogens with zero attached hydrogens (tertiary/aromatic N) is 3. The summed E-state index contributed by atoms with van der Waals surface area (Å²) in [6.45, 7) is 2.90. The van der Waals surface area contributed by atoms with Crippen LogP contribution >= 0.6 is 0 Å². The van der Waals surface area contributed by atoms with Gasteiger partial charge in [-0.25, -0.2) is 9.50 Å². The van der Waals surface area contributed by atoms with Crippen molar-refractivity contribution in [2.45, 2.75) is 19.8 Å². The molecule has 0 spiro atoms. The molecule has 1 N–H and O–H groups in total. The Balaban J connectivity index is 1.60. The summed E-state index contributed by atoms with van der Waals surface area (Å²) < 4.78 is 1.86. The van der Waals surface area contributed by atoms with Crippen molar-refractivity contribution >= 4 is 11.3 Å². The van der Waals surface area contributed by atoms with Gasteiger partial charge >= 0.3 is 0 Å². The van der Waals surface area contributed by atoms with Gasteiger partial charge < -0.3 is 5.32 Å². The van der Waals surface area contributed by atoms with E-state index in [-0.39, 0.29) is 0 Å². The Hall–Kier alpha value is -2.36. The molecule has 20 heavy (non-hydrogen) atoms. The van der Waals surface area contributed by atoms with Crippen LogP contribution in [0.3, 0.4) is 0 Å². The van der Waals surface area contributed by atoms with Gasteiger partial charge in [0.1, 0.15) is 5.52 Å². The molecule has 0 radical (unpaired) electrons. The van der Waals surface area contributed by atoms with E-state index in [1.165, 1.54) is 5.56 Å². The molecule has 3 rings (SSSR count). The van der Waals surface area contributed by atoms with Gasteiger partial charge in [0.2, 0.25) is 0 Å². The SMILES string of the molecule is Cc1cc2c(NCCCc3ccccc3)nccn2n1. The summed E-state index contributed by atoms with van der Waals surface area (Å²) in [4.78, 5) is 4.39. The van der Waals surface area contributed by atoms with Crippen LogP contribution in [-0.2, 0) is 6.42 Å². The number of aromatic nitrogens is 3. The Morgan fingerprint density at radius 2 is 2.05 bits per heavy atom. The third-order valence-corrected chi connectivity index (χ3v) is 3.29. The van der Waals surface area contributed by atoms with E-state index < -0.39 is 0 Å². The van der Waals surface area contributed by atoms with Gasteiger partial charge in [-0.3, -0.25) is 0 Å². The minimum Gasteiger partial charge on any atom is -0.368 e. The van der Waals surface area contributed by atoms with Crippen molar-refractivity contribution in [3.05, 3.63) is 60.0 Å². The number of anilines is 1. The zero-order valence-electron chi connectivity index (χ0n) is 11.6. The predicted octanol–water partition coefficient (Wildman–Crippen LogP) is 3.08. The lowest BCUT2D eigenvalue weighted by molar-refractivity contribution is 0.855. The molecule has 0 saturated heterocycles. The lowest BCUT2D eigenvalue weighted by Gasteiger charge is -2.06. The first-order valence-corrected chi connectivity index (χ1v) is 6.92. The average molecular weight is 266 g/mol. The lowest BCUT2D eigenvalue weighted by Crippen LogP contribution is -2.06. The van der Waals surface area contributed by atoms with Gasteiger partial charge in [0.05, 0.1) is 5.69 Å². The molecule has 4 heteroatoms. The van der Waals surface area contributed by atoms with Crippen LogP contribution in [-0.4, -0.2) is 21.1 Å². The number of rotatable bonds is 5. The maximum Gasteiger partial charge on any atom is 0.152 e. The summed E-state index contributed by atoms with van der Waals surface area (Å²) >= 11 is 0. The Bertz CT molecular complexity index is 688. The molecular formula is C16H18N4. The smallest absolute Gasteiger partial charge is 0.152 e. The molecule has 1 aromatic carbocycles. The van der Waals surface area contributed by atoms with Crippen molar-refractivity contribution < 1.29 is 0 Å². The van der Waals surface area contributed by atoms with Crippen molar-refractivity contribution in [3.8, 4) is 0 Å². The van der Waals surface area contributed by atoms with Crippen LogP contribution in [0.5, 0.6) is 0 Å². The predicted molar refractivity (Wildman–Crippen MR) is 81.0 cm³/mol. The van der Waals surface area contributed by atoms with E-state index in [0.29, 0.717) is 0 Å². The van der Waals surface area contributed by atoms with Crippen LogP contribution in [0.1, 0.15) is 17.7 Å².